The third kappa shape index (κ3) is 3.46. The lowest BCUT2D eigenvalue weighted by Gasteiger charge is -2.30. The zero-order chi connectivity index (χ0) is 17.1. The van der Waals surface area contributed by atoms with Gasteiger partial charge in [0, 0.05) is 24.9 Å². The van der Waals surface area contributed by atoms with Crippen molar-refractivity contribution < 1.29 is 14.7 Å². The molecule has 0 bridgehead atoms. The van der Waals surface area contributed by atoms with Crippen molar-refractivity contribution >= 4 is 11.9 Å². The minimum absolute atomic E-state index is 0.0387. The summed E-state index contributed by atoms with van der Waals surface area (Å²) in [5.41, 5.74) is 6.73. The maximum absolute atomic E-state index is 12.8. The Balaban J connectivity index is 1.69. The SMILES string of the molecule is NCC1CCC(C(=O)N2C[C@H](C(=O)O)[C@@H](c3ccccc3)C2)CC1. The quantitative estimate of drug-likeness (QED) is 0.885. The molecule has 5 nitrogen and oxygen atoms in total. The number of likely N-dealkylation sites (tertiary alicyclic amines) is 1. The fourth-order valence-electron chi connectivity index (χ4n) is 4.18. The van der Waals surface area contributed by atoms with Crippen LogP contribution in [-0.2, 0) is 9.59 Å². The van der Waals surface area contributed by atoms with Crippen molar-refractivity contribution in [2.45, 2.75) is 31.6 Å². The number of carboxylic acids is 1. The van der Waals surface area contributed by atoms with Crippen LogP contribution < -0.4 is 5.73 Å². The molecule has 1 aromatic rings. The summed E-state index contributed by atoms with van der Waals surface area (Å²) in [7, 11) is 0. The molecule has 0 radical (unpaired) electrons. The normalized spacial score (nSPS) is 30.3. The molecule has 3 N–H and O–H groups in total. The van der Waals surface area contributed by atoms with E-state index in [9.17, 15) is 14.7 Å². The molecule has 0 unspecified atom stereocenters. The number of aliphatic carboxylic acids is 1. The lowest BCUT2D eigenvalue weighted by atomic mass is 9.81. The minimum atomic E-state index is -0.814. The zero-order valence-electron chi connectivity index (χ0n) is 13.9. The predicted molar refractivity (Wildman–Crippen MR) is 91.4 cm³/mol. The largest absolute Gasteiger partial charge is 0.481 e. The van der Waals surface area contributed by atoms with E-state index in [1.807, 2.05) is 30.3 Å². The van der Waals surface area contributed by atoms with Crippen molar-refractivity contribution in [2.75, 3.05) is 19.6 Å². The molecular formula is C19H26N2O3. The number of hydrogen-bond acceptors (Lipinski definition) is 3. The maximum Gasteiger partial charge on any atom is 0.308 e. The average molecular weight is 330 g/mol. The first-order chi connectivity index (χ1) is 11.6. The van der Waals surface area contributed by atoms with Gasteiger partial charge >= 0.3 is 5.97 Å². The maximum atomic E-state index is 12.8. The minimum Gasteiger partial charge on any atom is -0.481 e. The van der Waals surface area contributed by atoms with E-state index in [2.05, 4.69) is 0 Å². The molecule has 1 aliphatic heterocycles. The van der Waals surface area contributed by atoms with Gasteiger partial charge in [0.2, 0.25) is 5.91 Å². The summed E-state index contributed by atoms with van der Waals surface area (Å²) >= 11 is 0. The molecule has 1 saturated carbocycles. The Hall–Kier alpha value is -1.88. The number of amides is 1. The second kappa shape index (κ2) is 7.34. The molecule has 0 aromatic heterocycles. The Kier molecular flexibility index (Phi) is 5.19. The van der Waals surface area contributed by atoms with Crippen molar-refractivity contribution in [3.63, 3.8) is 0 Å². The van der Waals surface area contributed by atoms with Crippen LogP contribution in [0.4, 0.5) is 0 Å². The van der Waals surface area contributed by atoms with Crippen LogP contribution in [0.2, 0.25) is 0 Å². The highest BCUT2D eigenvalue weighted by Gasteiger charge is 2.42. The van der Waals surface area contributed by atoms with Gasteiger partial charge in [-0.25, -0.2) is 0 Å². The molecule has 2 fully saturated rings. The first-order valence-electron chi connectivity index (χ1n) is 8.86. The monoisotopic (exact) mass is 330 g/mol. The molecule has 2 atom stereocenters. The third-order valence-corrected chi connectivity index (χ3v) is 5.71. The van der Waals surface area contributed by atoms with E-state index in [-0.39, 0.29) is 17.7 Å². The summed E-state index contributed by atoms with van der Waals surface area (Å²) in [6.45, 7) is 1.53. The lowest BCUT2D eigenvalue weighted by Crippen LogP contribution is -2.37. The van der Waals surface area contributed by atoms with E-state index in [0.29, 0.717) is 25.6 Å². The van der Waals surface area contributed by atoms with Gasteiger partial charge in [0.1, 0.15) is 0 Å². The van der Waals surface area contributed by atoms with E-state index in [1.165, 1.54) is 0 Å². The van der Waals surface area contributed by atoms with Crippen molar-refractivity contribution in [3.05, 3.63) is 35.9 Å². The Morgan fingerprint density at radius 2 is 1.75 bits per heavy atom. The molecule has 1 saturated heterocycles. The number of carbonyl (C=O) groups excluding carboxylic acids is 1. The van der Waals surface area contributed by atoms with Gasteiger partial charge in [0.25, 0.3) is 0 Å². The van der Waals surface area contributed by atoms with Gasteiger partial charge in [-0.1, -0.05) is 30.3 Å². The van der Waals surface area contributed by atoms with Crippen LogP contribution >= 0.6 is 0 Å². The Morgan fingerprint density at radius 1 is 1.08 bits per heavy atom. The Bertz CT molecular complexity index is 582. The van der Waals surface area contributed by atoms with Gasteiger partial charge in [-0.3, -0.25) is 9.59 Å². The van der Waals surface area contributed by atoms with E-state index < -0.39 is 11.9 Å². The zero-order valence-corrected chi connectivity index (χ0v) is 13.9. The molecule has 1 amide bonds. The molecule has 1 heterocycles. The van der Waals surface area contributed by atoms with Gasteiger partial charge in [-0.05, 0) is 43.7 Å². The van der Waals surface area contributed by atoms with Crippen LogP contribution in [0.5, 0.6) is 0 Å². The van der Waals surface area contributed by atoms with Crippen LogP contribution in [-0.4, -0.2) is 41.5 Å². The number of hydrogen-bond donors (Lipinski definition) is 2. The highest BCUT2D eigenvalue weighted by molar-refractivity contribution is 5.81. The number of carboxylic acid groups (broad SMARTS) is 1. The molecule has 0 spiro atoms. The molecule has 1 aliphatic carbocycles. The summed E-state index contributed by atoms with van der Waals surface area (Å²) in [5.74, 6) is -0.737. The molecule has 130 valence electrons. The van der Waals surface area contributed by atoms with E-state index in [4.69, 9.17) is 5.73 Å². The van der Waals surface area contributed by atoms with E-state index in [1.54, 1.807) is 4.90 Å². The standard InChI is InChI=1S/C19H26N2O3/c20-10-13-6-8-15(9-7-13)18(22)21-11-16(17(12-21)19(23)24)14-4-2-1-3-5-14/h1-5,13,15-17H,6-12,20H2,(H,23,24)/t13?,15?,16-,17+/m1/s1. The fourth-order valence-corrected chi connectivity index (χ4v) is 4.18. The van der Waals surface area contributed by atoms with Crippen LogP contribution in [0.3, 0.4) is 0 Å². The number of carbonyl (C=O) groups is 2. The van der Waals surface area contributed by atoms with Crippen molar-refractivity contribution in [1.29, 1.82) is 0 Å². The van der Waals surface area contributed by atoms with Gasteiger partial charge in [-0.15, -0.1) is 0 Å². The highest BCUT2D eigenvalue weighted by atomic mass is 16.4. The molecule has 2 aliphatic rings. The molecule has 24 heavy (non-hydrogen) atoms. The summed E-state index contributed by atoms with van der Waals surface area (Å²) in [5, 5.41) is 9.57. The van der Waals surface area contributed by atoms with Crippen LogP contribution in [0.25, 0.3) is 0 Å². The van der Waals surface area contributed by atoms with E-state index >= 15 is 0 Å². The topological polar surface area (TPSA) is 83.6 Å². The Labute approximate surface area is 142 Å². The van der Waals surface area contributed by atoms with Gasteiger partial charge in [-0.2, -0.15) is 0 Å². The summed E-state index contributed by atoms with van der Waals surface area (Å²) in [6.07, 6.45) is 3.77. The first-order valence-corrected chi connectivity index (χ1v) is 8.86. The van der Waals surface area contributed by atoms with Crippen LogP contribution in [0.15, 0.2) is 30.3 Å². The first kappa shape index (κ1) is 17.0. The van der Waals surface area contributed by atoms with Crippen LogP contribution in [0, 0.1) is 17.8 Å². The molecule has 3 rings (SSSR count). The van der Waals surface area contributed by atoms with Gasteiger partial charge < -0.3 is 15.7 Å². The molecule has 5 heteroatoms. The van der Waals surface area contributed by atoms with Crippen LogP contribution in [0.1, 0.15) is 37.2 Å². The smallest absolute Gasteiger partial charge is 0.308 e. The molecular weight excluding hydrogens is 304 g/mol. The second-order valence-electron chi connectivity index (χ2n) is 7.16. The number of nitrogens with two attached hydrogens (primary N) is 1. The van der Waals surface area contributed by atoms with Gasteiger partial charge in [0.05, 0.1) is 5.92 Å². The number of benzene rings is 1. The lowest BCUT2D eigenvalue weighted by molar-refractivity contribution is -0.142. The second-order valence-corrected chi connectivity index (χ2v) is 7.16. The highest BCUT2D eigenvalue weighted by Crippen LogP contribution is 2.36. The van der Waals surface area contributed by atoms with Crippen molar-refractivity contribution in [3.8, 4) is 0 Å². The van der Waals surface area contributed by atoms with Crippen molar-refractivity contribution in [2.24, 2.45) is 23.5 Å². The Morgan fingerprint density at radius 3 is 2.33 bits per heavy atom. The number of nitrogens with zero attached hydrogens (tertiary/aromatic N) is 1. The van der Waals surface area contributed by atoms with E-state index in [0.717, 1.165) is 31.2 Å². The van der Waals surface area contributed by atoms with Crippen molar-refractivity contribution in [1.82, 2.24) is 4.90 Å². The average Bonchev–Trinajstić information content (AvgIpc) is 3.07. The predicted octanol–water partition coefficient (Wildman–Crippen LogP) is 2.08. The summed E-state index contributed by atoms with van der Waals surface area (Å²) < 4.78 is 0. The fraction of sp³-hybridized carbons (Fsp3) is 0.579. The summed E-state index contributed by atoms with van der Waals surface area (Å²) in [4.78, 5) is 26.3. The number of rotatable bonds is 4. The molecule has 1 aromatic carbocycles. The third-order valence-electron chi connectivity index (χ3n) is 5.71. The summed E-state index contributed by atoms with van der Waals surface area (Å²) in [6, 6.07) is 9.69. The van der Waals surface area contributed by atoms with Gasteiger partial charge in [0.15, 0.2) is 0 Å².